The predicted octanol–water partition coefficient (Wildman–Crippen LogP) is 4.34. The molecule has 0 aliphatic rings. The van der Waals surface area contributed by atoms with E-state index in [-0.39, 0.29) is 10.1 Å². The van der Waals surface area contributed by atoms with Crippen LogP contribution in [0.15, 0.2) is 50.4 Å². The van der Waals surface area contributed by atoms with Gasteiger partial charge in [0.1, 0.15) is 4.21 Å². The van der Waals surface area contributed by atoms with Gasteiger partial charge in [-0.3, -0.25) is 4.72 Å². The van der Waals surface area contributed by atoms with Crippen LogP contribution in [0.25, 0.3) is 22.0 Å². The summed E-state index contributed by atoms with van der Waals surface area (Å²) in [6, 6.07) is 10.2. The van der Waals surface area contributed by atoms with E-state index in [9.17, 15) is 8.42 Å². The number of thiazole rings is 1. The van der Waals surface area contributed by atoms with Crippen molar-refractivity contribution in [3.63, 3.8) is 0 Å². The van der Waals surface area contributed by atoms with E-state index in [4.69, 9.17) is 4.42 Å². The standard InChI is InChI=1S/C17H14N4O3S3/c1-10-19-20-17(24-10)12-5-3-4-6-13(12)21-27(22,23)16-8-7-15(26-16)14-9-25-11(2)18-14/h3-9,21H,1-2H3. The number of sulfonamides is 1. The normalized spacial score (nSPS) is 11.6. The number of rotatable bonds is 5. The maximum absolute atomic E-state index is 12.9. The molecule has 138 valence electrons. The van der Waals surface area contributed by atoms with E-state index in [1.165, 1.54) is 22.7 Å². The first kappa shape index (κ1) is 17.8. The van der Waals surface area contributed by atoms with Gasteiger partial charge in [-0.2, -0.15) is 0 Å². The Labute approximate surface area is 163 Å². The van der Waals surface area contributed by atoms with Crippen molar-refractivity contribution in [3.05, 3.63) is 52.7 Å². The van der Waals surface area contributed by atoms with Gasteiger partial charge >= 0.3 is 0 Å². The van der Waals surface area contributed by atoms with Crippen LogP contribution in [-0.4, -0.2) is 23.6 Å². The summed E-state index contributed by atoms with van der Waals surface area (Å²) >= 11 is 2.70. The van der Waals surface area contributed by atoms with Crippen LogP contribution in [0.5, 0.6) is 0 Å². The number of nitrogens with zero attached hydrogens (tertiary/aromatic N) is 3. The van der Waals surface area contributed by atoms with Gasteiger partial charge in [0.05, 0.1) is 26.8 Å². The number of hydrogen-bond donors (Lipinski definition) is 1. The third kappa shape index (κ3) is 3.64. The van der Waals surface area contributed by atoms with E-state index in [2.05, 4.69) is 19.9 Å². The molecular formula is C17H14N4O3S3. The van der Waals surface area contributed by atoms with Crippen molar-refractivity contribution in [1.29, 1.82) is 0 Å². The Balaban J connectivity index is 1.66. The number of thiophene rings is 1. The quantitative estimate of drug-likeness (QED) is 0.518. The highest BCUT2D eigenvalue weighted by molar-refractivity contribution is 7.94. The van der Waals surface area contributed by atoms with Gasteiger partial charge in [-0.1, -0.05) is 12.1 Å². The SMILES string of the molecule is Cc1nnc(-c2ccccc2NS(=O)(=O)c2ccc(-c3csc(C)n3)s2)o1. The Morgan fingerprint density at radius 3 is 2.59 bits per heavy atom. The number of anilines is 1. The van der Waals surface area contributed by atoms with Gasteiger partial charge in [-0.05, 0) is 31.2 Å². The van der Waals surface area contributed by atoms with Gasteiger partial charge in [0, 0.05) is 12.3 Å². The number of aromatic nitrogens is 3. The highest BCUT2D eigenvalue weighted by Gasteiger charge is 2.21. The Bertz CT molecular complexity index is 1210. The smallest absolute Gasteiger partial charge is 0.271 e. The molecular weight excluding hydrogens is 404 g/mol. The molecule has 0 saturated heterocycles. The lowest BCUT2D eigenvalue weighted by Crippen LogP contribution is -2.12. The molecule has 0 saturated carbocycles. The van der Waals surface area contributed by atoms with Crippen molar-refractivity contribution < 1.29 is 12.8 Å². The highest BCUT2D eigenvalue weighted by Crippen LogP contribution is 2.34. The van der Waals surface area contributed by atoms with E-state index in [1.807, 2.05) is 12.3 Å². The average Bonchev–Trinajstić information content (AvgIpc) is 3.35. The summed E-state index contributed by atoms with van der Waals surface area (Å²) in [5, 5.41) is 10.6. The molecule has 4 rings (SSSR count). The van der Waals surface area contributed by atoms with E-state index >= 15 is 0 Å². The molecule has 0 aliphatic carbocycles. The van der Waals surface area contributed by atoms with Crippen LogP contribution in [0, 0.1) is 13.8 Å². The summed E-state index contributed by atoms with van der Waals surface area (Å²) in [5.74, 6) is 0.666. The second-order valence-electron chi connectivity index (χ2n) is 5.65. The van der Waals surface area contributed by atoms with Crippen molar-refractivity contribution in [2.24, 2.45) is 0 Å². The number of nitrogens with one attached hydrogen (secondary N) is 1. The summed E-state index contributed by atoms with van der Waals surface area (Å²) in [4.78, 5) is 5.21. The summed E-state index contributed by atoms with van der Waals surface area (Å²) in [5.41, 5.74) is 1.68. The first-order valence-electron chi connectivity index (χ1n) is 7.87. The molecule has 3 aromatic heterocycles. The zero-order chi connectivity index (χ0) is 19.0. The monoisotopic (exact) mass is 418 g/mol. The number of aryl methyl sites for hydroxylation is 2. The van der Waals surface area contributed by atoms with E-state index in [0.29, 0.717) is 17.1 Å². The molecule has 0 bridgehead atoms. The van der Waals surface area contributed by atoms with Gasteiger partial charge in [0.25, 0.3) is 10.0 Å². The van der Waals surface area contributed by atoms with Crippen LogP contribution < -0.4 is 4.72 Å². The van der Waals surface area contributed by atoms with Crippen LogP contribution in [0.2, 0.25) is 0 Å². The number of hydrogen-bond acceptors (Lipinski definition) is 8. The number of para-hydroxylation sites is 1. The summed E-state index contributed by atoms with van der Waals surface area (Å²) in [7, 11) is -3.76. The molecule has 7 nitrogen and oxygen atoms in total. The second kappa shape index (κ2) is 6.87. The molecule has 3 heterocycles. The highest BCUT2D eigenvalue weighted by atomic mass is 32.2. The maximum Gasteiger partial charge on any atom is 0.271 e. The van der Waals surface area contributed by atoms with Gasteiger partial charge in [0.2, 0.25) is 11.8 Å². The second-order valence-corrected chi connectivity index (χ2v) is 9.70. The van der Waals surface area contributed by atoms with Crippen molar-refractivity contribution in [2.75, 3.05) is 4.72 Å². The van der Waals surface area contributed by atoms with Crippen molar-refractivity contribution >= 4 is 38.4 Å². The molecule has 0 spiro atoms. The molecule has 0 aliphatic heterocycles. The van der Waals surface area contributed by atoms with Crippen LogP contribution in [0.4, 0.5) is 5.69 Å². The molecule has 1 N–H and O–H groups in total. The first-order valence-corrected chi connectivity index (χ1v) is 11.0. The zero-order valence-corrected chi connectivity index (χ0v) is 16.8. The van der Waals surface area contributed by atoms with E-state index in [0.717, 1.165) is 15.6 Å². The molecule has 0 atom stereocenters. The molecule has 10 heteroatoms. The van der Waals surface area contributed by atoms with Crippen LogP contribution >= 0.6 is 22.7 Å². The van der Waals surface area contributed by atoms with Gasteiger partial charge in [-0.25, -0.2) is 13.4 Å². The average molecular weight is 419 g/mol. The van der Waals surface area contributed by atoms with Crippen molar-refractivity contribution in [2.45, 2.75) is 18.1 Å². The van der Waals surface area contributed by atoms with E-state index < -0.39 is 10.0 Å². The third-order valence-electron chi connectivity index (χ3n) is 3.65. The summed E-state index contributed by atoms with van der Waals surface area (Å²) in [6.45, 7) is 3.59. The van der Waals surface area contributed by atoms with Gasteiger partial charge in [-0.15, -0.1) is 32.9 Å². The Hall–Kier alpha value is -2.56. The minimum Gasteiger partial charge on any atom is -0.421 e. The fourth-order valence-corrected chi connectivity index (χ4v) is 5.47. The number of benzene rings is 1. The molecule has 0 fully saturated rings. The minimum absolute atomic E-state index is 0.208. The third-order valence-corrected chi connectivity index (χ3v) is 7.38. The van der Waals surface area contributed by atoms with Crippen LogP contribution in [0.1, 0.15) is 10.9 Å². The van der Waals surface area contributed by atoms with Crippen LogP contribution in [0.3, 0.4) is 0 Å². The van der Waals surface area contributed by atoms with Gasteiger partial charge < -0.3 is 4.42 Å². The van der Waals surface area contributed by atoms with Crippen molar-refractivity contribution in [1.82, 2.24) is 15.2 Å². The molecule has 0 amide bonds. The summed E-state index contributed by atoms with van der Waals surface area (Å²) < 4.78 is 34.0. The first-order chi connectivity index (χ1) is 12.9. The molecule has 1 aromatic carbocycles. The Kier molecular flexibility index (Phi) is 4.54. The molecule has 27 heavy (non-hydrogen) atoms. The lowest BCUT2D eigenvalue weighted by Gasteiger charge is -2.09. The Morgan fingerprint density at radius 2 is 1.89 bits per heavy atom. The largest absolute Gasteiger partial charge is 0.421 e. The molecule has 0 unspecified atom stereocenters. The summed E-state index contributed by atoms with van der Waals surface area (Å²) in [6.07, 6.45) is 0. The zero-order valence-electron chi connectivity index (χ0n) is 14.3. The Morgan fingerprint density at radius 1 is 1.07 bits per heavy atom. The lowest BCUT2D eigenvalue weighted by molar-refractivity contribution is 0.533. The molecule has 0 radical (unpaired) electrons. The van der Waals surface area contributed by atoms with Gasteiger partial charge in [0.15, 0.2) is 0 Å². The lowest BCUT2D eigenvalue weighted by atomic mass is 10.2. The predicted molar refractivity (Wildman–Crippen MR) is 105 cm³/mol. The topological polar surface area (TPSA) is 98.0 Å². The fraction of sp³-hybridized carbons (Fsp3) is 0.118. The fourth-order valence-electron chi connectivity index (χ4n) is 2.44. The van der Waals surface area contributed by atoms with E-state index in [1.54, 1.807) is 43.3 Å². The molecule has 4 aromatic rings. The van der Waals surface area contributed by atoms with Crippen LogP contribution in [-0.2, 0) is 10.0 Å². The maximum atomic E-state index is 12.9. The van der Waals surface area contributed by atoms with Crippen molar-refractivity contribution in [3.8, 4) is 22.0 Å². The minimum atomic E-state index is -3.76.